The van der Waals surface area contributed by atoms with E-state index in [9.17, 15) is 9.59 Å². The number of nitrogens with zero attached hydrogens (tertiary/aromatic N) is 2. The number of ether oxygens (including phenoxy) is 1. The molecule has 2 atom stereocenters. The van der Waals surface area contributed by atoms with Gasteiger partial charge in [0.1, 0.15) is 6.54 Å². The average Bonchev–Trinajstić information content (AvgIpc) is 2.34. The molecule has 7 heteroatoms. The van der Waals surface area contributed by atoms with E-state index in [1.54, 1.807) is 25.7 Å². The number of carboxylic acids is 1. The molecule has 0 aromatic rings. The smallest absolute Gasteiger partial charge is 0.323 e. The van der Waals surface area contributed by atoms with Crippen LogP contribution in [-0.2, 0) is 9.53 Å². The second kappa shape index (κ2) is 6.41. The molecule has 1 aliphatic rings. The molecule has 2 N–H and O–H groups in total. The molecule has 1 heterocycles. The molecule has 0 radical (unpaired) electrons. The highest BCUT2D eigenvalue weighted by molar-refractivity contribution is 5.81. The first-order valence-corrected chi connectivity index (χ1v) is 6.69. The van der Waals surface area contributed by atoms with Crippen molar-refractivity contribution in [2.75, 3.05) is 26.3 Å². The summed E-state index contributed by atoms with van der Waals surface area (Å²) in [5, 5.41) is 18.1. The van der Waals surface area contributed by atoms with Crippen molar-refractivity contribution in [1.82, 2.24) is 9.80 Å². The van der Waals surface area contributed by atoms with Gasteiger partial charge < -0.3 is 24.7 Å². The molecule has 0 bridgehead atoms. The molecule has 20 heavy (non-hydrogen) atoms. The number of urea groups is 1. The maximum absolute atomic E-state index is 12.6. The van der Waals surface area contributed by atoms with E-state index in [2.05, 4.69) is 0 Å². The Balaban J connectivity index is 2.89. The standard InChI is InChI=1S/C13H24N2O5/c1-9-8-20-10(7-16)5-14(9)12(19)15(6-11(17)18)13(2,3)4/h9-10,16H,5-8H2,1-4H3,(H,17,18). The van der Waals surface area contributed by atoms with Crippen molar-refractivity contribution in [3.8, 4) is 0 Å². The van der Waals surface area contributed by atoms with E-state index in [1.807, 2.05) is 6.92 Å². The van der Waals surface area contributed by atoms with Gasteiger partial charge in [0.2, 0.25) is 0 Å². The Bertz CT molecular complexity index is 366. The maximum Gasteiger partial charge on any atom is 0.323 e. The molecule has 2 unspecified atom stereocenters. The van der Waals surface area contributed by atoms with Crippen LogP contribution >= 0.6 is 0 Å². The topological polar surface area (TPSA) is 90.3 Å². The fourth-order valence-corrected chi connectivity index (χ4v) is 2.08. The highest BCUT2D eigenvalue weighted by atomic mass is 16.5. The summed E-state index contributed by atoms with van der Waals surface area (Å²) in [4.78, 5) is 26.5. The summed E-state index contributed by atoms with van der Waals surface area (Å²) in [7, 11) is 0. The van der Waals surface area contributed by atoms with Crippen LogP contribution in [0.1, 0.15) is 27.7 Å². The average molecular weight is 288 g/mol. The zero-order valence-electron chi connectivity index (χ0n) is 12.5. The van der Waals surface area contributed by atoms with E-state index in [4.69, 9.17) is 14.9 Å². The maximum atomic E-state index is 12.6. The number of carbonyl (C=O) groups is 2. The highest BCUT2D eigenvalue weighted by Crippen LogP contribution is 2.20. The Kier molecular flexibility index (Phi) is 5.35. The van der Waals surface area contributed by atoms with Crippen molar-refractivity contribution in [2.24, 2.45) is 0 Å². The fraction of sp³-hybridized carbons (Fsp3) is 0.846. The summed E-state index contributed by atoms with van der Waals surface area (Å²) < 4.78 is 5.39. The molecule has 1 fully saturated rings. The molecule has 0 saturated carbocycles. The predicted molar refractivity (Wildman–Crippen MR) is 72.5 cm³/mol. The number of morpholine rings is 1. The van der Waals surface area contributed by atoms with E-state index in [0.717, 1.165) is 0 Å². The molecular weight excluding hydrogens is 264 g/mol. The SMILES string of the molecule is CC1COC(CO)CN1C(=O)N(CC(=O)O)C(C)(C)C. The van der Waals surface area contributed by atoms with Crippen LogP contribution in [0.25, 0.3) is 0 Å². The number of amides is 2. The lowest BCUT2D eigenvalue weighted by Gasteiger charge is -2.43. The predicted octanol–water partition coefficient (Wildman–Crippen LogP) is 0.373. The minimum absolute atomic E-state index is 0.149. The molecule has 2 amide bonds. The van der Waals surface area contributed by atoms with Crippen molar-refractivity contribution < 1.29 is 24.5 Å². The Morgan fingerprint density at radius 3 is 2.45 bits per heavy atom. The van der Waals surface area contributed by atoms with Gasteiger partial charge in [-0.05, 0) is 27.7 Å². The van der Waals surface area contributed by atoms with Crippen molar-refractivity contribution in [3.05, 3.63) is 0 Å². The second-order valence-electron chi connectivity index (χ2n) is 6.07. The van der Waals surface area contributed by atoms with Crippen molar-refractivity contribution in [3.63, 3.8) is 0 Å². The third-order valence-corrected chi connectivity index (χ3v) is 3.29. The van der Waals surface area contributed by atoms with Crippen LogP contribution in [-0.4, -0.2) is 76.0 Å². The number of rotatable bonds is 3. The molecule has 0 aliphatic carbocycles. The van der Waals surface area contributed by atoms with Gasteiger partial charge in [0.25, 0.3) is 0 Å². The summed E-state index contributed by atoms with van der Waals surface area (Å²) in [5.41, 5.74) is -0.595. The van der Waals surface area contributed by atoms with Gasteiger partial charge in [0.05, 0.1) is 31.9 Å². The molecule has 0 aromatic carbocycles. The number of aliphatic hydroxyl groups is 1. The van der Waals surface area contributed by atoms with Crippen LogP contribution in [0.4, 0.5) is 4.79 Å². The highest BCUT2D eigenvalue weighted by Gasteiger charge is 2.36. The number of hydrogen-bond acceptors (Lipinski definition) is 4. The zero-order valence-corrected chi connectivity index (χ0v) is 12.5. The quantitative estimate of drug-likeness (QED) is 0.783. The van der Waals surface area contributed by atoms with Crippen LogP contribution < -0.4 is 0 Å². The summed E-state index contributed by atoms with van der Waals surface area (Å²) >= 11 is 0. The van der Waals surface area contributed by atoms with E-state index in [0.29, 0.717) is 6.61 Å². The Morgan fingerprint density at radius 1 is 1.40 bits per heavy atom. The van der Waals surface area contributed by atoms with Crippen LogP contribution in [0.15, 0.2) is 0 Å². The summed E-state index contributed by atoms with van der Waals surface area (Å²) in [6.07, 6.45) is -0.415. The minimum atomic E-state index is -1.05. The molecule has 1 rings (SSSR count). The van der Waals surface area contributed by atoms with Crippen LogP contribution in [0.2, 0.25) is 0 Å². The van der Waals surface area contributed by atoms with Gasteiger partial charge >= 0.3 is 12.0 Å². The number of aliphatic carboxylic acids is 1. The monoisotopic (exact) mass is 288 g/mol. The third kappa shape index (κ3) is 4.08. The zero-order chi connectivity index (χ0) is 15.5. The van der Waals surface area contributed by atoms with Gasteiger partial charge in [-0.15, -0.1) is 0 Å². The largest absolute Gasteiger partial charge is 0.480 e. The summed E-state index contributed by atoms with van der Waals surface area (Å²) in [6.45, 7) is 7.31. The number of carbonyl (C=O) groups excluding carboxylic acids is 1. The van der Waals surface area contributed by atoms with Crippen LogP contribution in [0, 0.1) is 0 Å². The van der Waals surface area contributed by atoms with Gasteiger partial charge in [0, 0.05) is 5.54 Å². The Labute approximate surface area is 119 Å². The van der Waals surface area contributed by atoms with Gasteiger partial charge in [-0.2, -0.15) is 0 Å². The number of aliphatic hydroxyl groups excluding tert-OH is 1. The lowest BCUT2D eigenvalue weighted by molar-refractivity contribution is -0.139. The van der Waals surface area contributed by atoms with E-state index in [1.165, 1.54) is 4.90 Å². The van der Waals surface area contributed by atoms with Gasteiger partial charge in [-0.3, -0.25) is 4.79 Å². The van der Waals surface area contributed by atoms with Crippen molar-refractivity contribution in [1.29, 1.82) is 0 Å². The number of hydrogen-bond donors (Lipinski definition) is 2. The molecule has 0 aromatic heterocycles. The summed E-state index contributed by atoms with van der Waals surface area (Å²) in [5.74, 6) is -1.05. The van der Waals surface area contributed by atoms with E-state index in [-0.39, 0.29) is 31.8 Å². The van der Waals surface area contributed by atoms with Gasteiger partial charge in [-0.1, -0.05) is 0 Å². The first kappa shape index (κ1) is 16.7. The third-order valence-electron chi connectivity index (χ3n) is 3.29. The van der Waals surface area contributed by atoms with E-state index >= 15 is 0 Å². The van der Waals surface area contributed by atoms with Crippen LogP contribution in [0.3, 0.4) is 0 Å². The number of carboxylic acid groups (broad SMARTS) is 1. The second-order valence-corrected chi connectivity index (χ2v) is 6.07. The molecule has 1 saturated heterocycles. The Morgan fingerprint density at radius 2 is 2.00 bits per heavy atom. The molecule has 1 aliphatic heterocycles. The summed E-state index contributed by atoms with van der Waals surface area (Å²) in [6, 6.07) is -0.488. The fourth-order valence-electron chi connectivity index (χ4n) is 2.08. The van der Waals surface area contributed by atoms with Crippen molar-refractivity contribution >= 4 is 12.0 Å². The lowest BCUT2D eigenvalue weighted by atomic mass is 10.1. The molecular formula is C13H24N2O5. The van der Waals surface area contributed by atoms with Crippen LogP contribution in [0.5, 0.6) is 0 Å². The van der Waals surface area contributed by atoms with Crippen molar-refractivity contribution in [2.45, 2.75) is 45.4 Å². The molecule has 7 nitrogen and oxygen atoms in total. The van der Waals surface area contributed by atoms with E-state index < -0.39 is 17.6 Å². The first-order chi connectivity index (χ1) is 9.16. The van der Waals surface area contributed by atoms with Gasteiger partial charge in [0.15, 0.2) is 0 Å². The minimum Gasteiger partial charge on any atom is -0.480 e. The lowest BCUT2D eigenvalue weighted by Crippen LogP contribution is -2.60. The first-order valence-electron chi connectivity index (χ1n) is 6.69. The Hall–Kier alpha value is -1.34. The molecule has 0 spiro atoms. The normalized spacial score (nSPS) is 23.6. The van der Waals surface area contributed by atoms with Gasteiger partial charge in [-0.25, -0.2) is 4.79 Å². The molecule has 116 valence electrons.